The lowest BCUT2D eigenvalue weighted by Crippen LogP contribution is -2.28. The van der Waals surface area contributed by atoms with Gasteiger partial charge in [-0.25, -0.2) is 9.67 Å². The van der Waals surface area contributed by atoms with E-state index in [1.54, 1.807) is 0 Å². The van der Waals surface area contributed by atoms with Crippen molar-refractivity contribution in [1.29, 1.82) is 0 Å². The Hall–Kier alpha value is -0.940. The SMILES string of the molecule is CC(C)n1ncnc1CC(O)CN(C)C. The molecule has 0 aliphatic heterocycles. The van der Waals surface area contributed by atoms with Crippen molar-refractivity contribution >= 4 is 0 Å². The molecule has 5 heteroatoms. The highest BCUT2D eigenvalue weighted by molar-refractivity contribution is 4.89. The van der Waals surface area contributed by atoms with Crippen LogP contribution < -0.4 is 0 Å². The summed E-state index contributed by atoms with van der Waals surface area (Å²) in [6, 6.07) is 0.286. The Bertz CT molecular complexity index is 295. The molecule has 0 aliphatic carbocycles. The quantitative estimate of drug-likeness (QED) is 0.764. The second kappa shape index (κ2) is 5.23. The molecule has 0 aliphatic rings. The van der Waals surface area contributed by atoms with E-state index >= 15 is 0 Å². The maximum absolute atomic E-state index is 9.77. The molecule has 86 valence electrons. The van der Waals surface area contributed by atoms with Gasteiger partial charge in [0.1, 0.15) is 12.2 Å². The molecule has 1 heterocycles. The van der Waals surface area contributed by atoms with Gasteiger partial charge in [0.2, 0.25) is 0 Å². The summed E-state index contributed by atoms with van der Waals surface area (Å²) in [7, 11) is 3.88. The van der Waals surface area contributed by atoms with Gasteiger partial charge in [-0.3, -0.25) is 0 Å². The maximum Gasteiger partial charge on any atom is 0.138 e. The van der Waals surface area contributed by atoms with E-state index in [1.807, 2.05) is 23.7 Å². The first-order valence-electron chi connectivity index (χ1n) is 5.22. The number of aliphatic hydroxyl groups is 1. The zero-order chi connectivity index (χ0) is 11.4. The molecule has 1 atom stereocenters. The summed E-state index contributed by atoms with van der Waals surface area (Å²) in [5.74, 6) is 0.847. The summed E-state index contributed by atoms with van der Waals surface area (Å²) < 4.78 is 1.85. The number of aromatic nitrogens is 3. The molecule has 0 spiro atoms. The van der Waals surface area contributed by atoms with Gasteiger partial charge in [-0.2, -0.15) is 5.10 Å². The van der Waals surface area contributed by atoms with Crippen LogP contribution in [0.3, 0.4) is 0 Å². The van der Waals surface area contributed by atoms with Gasteiger partial charge in [-0.1, -0.05) is 0 Å². The average Bonchev–Trinajstić information content (AvgIpc) is 2.50. The first-order chi connectivity index (χ1) is 7.00. The van der Waals surface area contributed by atoms with Gasteiger partial charge in [0.25, 0.3) is 0 Å². The average molecular weight is 212 g/mol. The Morgan fingerprint density at radius 3 is 2.67 bits per heavy atom. The van der Waals surface area contributed by atoms with E-state index < -0.39 is 0 Å². The van der Waals surface area contributed by atoms with Gasteiger partial charge in [0.05, 0.1) is 6.10 Å². The van der Waals surface area contributed by atoms with Crippen LogP contribution in [0.4, 0.5) is 0 Å². The standard InChI is InChI=1S/C10H20N4O/c1-8(2)14-10(11-7-12-14)5-9(15)6-13(3)4/h7-9,15H,5-6H2,1-4H3. The van der Waals surface area contributed by atoms with Gasteiger partial charge in [0.15, 0.2) is 0 Å². The van der Waals surface area contributed by atoms with Crippen LogP contribution in [0.25, 0.3) is 0 Å². The highest BCUT2D eigenvalue weighted by Gasteiger charge is 2.13. The highest BCUT2D eigenvalue weighted by Crippen LogP contribution is 2.07. The Balaban J connectivity index is 2.60. The van der Waals surface area contributed by atoms with Gasteiger partial charge < -0.3 is 10.0 Å². The summed E-state index contributed by atoms with van der Waals surface area (Å²) in [6.45, 7) is 4.75. The molecule has 1 unspecified atom stereocenters. The molecule has 1 N–H and O–H groups in total. The van der Waals surface area contributed by atoms with Gasteiger partial charge in [-0.15, -0.1) is 0 Å². The Kier molecular flexibility index (Phi) is 4.23. The molecular weight excluding hydrogens is 192 g/mol. The van der Waals surface area contributed by atoms with E-state index in [0.29, 0.717) is 13.0 Å². The monoisotopic (exact) mass is 212 g/mol. The minimum absolute atomic E-state index is 0.286. The van der Waals surface area contributed by atoms with Crippen molar-refractivity contribution < 1.29 is 5.11 Å². The van der Waals surface area contributed by atoms with Crippen LogP contribution in [0.1, 0.15) is 25.7 Å². The lowest BCUT2D eigenvalue weighted by Gasteiger charge is -2.16. The molecule has 0 saturated carbocycles. The Morgan fingerprint density at radius 2 is 2.13 bits per heavy atom. The molecule has 0 aromatic carbocycles. The van der Waals surface area contributed by atoms with E-state index in [1.165, 1.54) is 6.33 Å². The third-order valence-corrected chi connectivity index (χ3v) is 2.13. The van der Waals surface area contributed by atoms with Crippen LogP contribution in [-0.4, -0.2) is 51.5 Å². The zero-order valence-corrected chi connectivity index (χ0v) is 9.88. The third-order valence-electron chi connectivity index (χ3n) is 2.13. The number of rotatable bonds is 5. The van der Waals surface area contributed by atoms with E-state index in [4.69, 9.17) is 0 Å². The fourth-order valence-electron chi connectivity index (χ4n) is 1.55. The molecule has 1 rings (SSSR count). The van der Waals surface area contributed by atoms with Crippen LogP contribution in [0.2, 0.25) is 0 Å². The molecule has 0 amide bonds. The normalized spacial score (nSPS) is 13.8. The summed E-state index contributed by atoms with van der Waals surface area (Å²) in [4.78, 5) is 6.12. The number of hydrogen-bond donors (Lipinski definition) is 1. The highest BCUT2D eigenvalue weighted by atomic mass is 16.3. The maximum atomic E-state index is 9.77. The largest absolute Gasteiger partial charge is 0.391 e. The number of likely N-dealkylation sites (N-methyl/N-ethyl adjacent to an activating group) is 1. The lowest BCUT2D eigenvalue weighted by molar-refractivity contribution is 0.133. The Morgan fingerprint density at radius 1 is 1.47 bits per heavy atom. The summed E-state index contributed by atoms with van der Waals surface area (Å²) in [6.07, 6.45) is 1.70. The molecular formula is C10H20N4O. The molecule has 15 heavy (non-hydrogen) atoms. The van der Waals surface area contributed by atoms with Crippen molar-refractivity contribution in [2.24, 2.45) is 0 Å². The predicted molar refractivity (Wildman–Crippen MR) is 58.7 cm³/mol. The summed E-state index contributed by atoms with van der Waals surface area (Å²) in [5.41, 5.74) is 0. The smallest absolute Gasteiger partial charge is 0.138 e. The Labute approximate surface area is 90.7 Å². The van der Waals surface area contributed by atoms with Crippen LogP contribution >= 0.6 is 0 Å². The molecule has 1 aromatic rings. The summed E-state index contributed by atoms with van der Waals surface area (Å²) in [5, 5.41) is 13.9. The molecule has 0 radical (unpaired) electrons. The van der Waals surface area contributed by atoms with Crippen molar-refractivity contribution in [2.45, 2.75) is 32.4 Å². The van der Waals surface area contributed by atoms with Gasteiger partial charge >= 0.3 is 0 Å². The van der Waals surface area contributed by atoms with E-state index in [0.717, 1.165) is 5.82 Å². The number of hydrogen-bond acceptors (Lipinski definition) is 4. The fourth-order valence-corrected chi connectivity index (χ4v) is 1.55. The van der Waals surface area contributed by atoms with Crippen LogP contribution in [0.5, 0.6) is 0 Å². The fraction of sp³-hybridized carbons (Fsp3) is 0.800. The third kappa shape index (κ3) is 3.60. The molecule has 1 aromatic heterocycles. The van der Waals surface area contributed by atoms with Crippen molar-refractivity contribution in [3.63, 3.8) is 0 Å². The predicted octanol–water partition coefficient (Wildman–Crippen LogP) is 0.324. The molecule has 5 nitrogen and oxygen atoms in total. The van der Waals surface area contributed by atoms with Gasteiger partial charge in [-0.05, 0) is 27.9 Å². The van der Waals surface area contributed by atoms with E-state index in [2.05, 4.69) is 23.9 Å². The first-order valence-corrected chi connectivity index (χ1v) is 5.22. The minimum Gasteiger partial charge on any atom is -0.391 e. The van der Waals surface area contributed by atoms with Crippen LogP contribution in [0.15, 0.2) is 6.33 Å². The molecule has 0 fully saturated rings. The van der Waals surface area contributed by atoms with E-state index in [-0.39, 0.29) is 12.1 Å². The van der Waals surface area contributed by atoms with Crippen molar-refractivity contribution in [2.75, 3.05) is 20.6 Å². The van der Waals surface area contributed by atoms with E-state index in [9.17, 15) is 5.11 Å². The second-order valence-electron chi connectivity index (χ2n) is 4.33. The van der Waals surface area contributed by atoms with Crippen molar-refractivity contribution in [3.8, 4) is 0 Å². The zero-order valence-electron chi connectivity index (χ0n) is 9.88. The number of aliphatic hydroxyl groups excluding tert-OH is 1. The second-order valence-corrected chi connectivity index (χ2v) is 4.33. The van der Waals surface area contributed by atoms with Crippen LogP contribution in [-0.2, 0) is 6.42 Å². The lowest BCUT2D eigenvalue weighted by atomic mass is 10.2. The first kappa shape index (κ1) is 12.1. The van der Waals surface area contributed by atoms with Crippen LogP contribution in [0, 0.1) is 0 Å². The number of nitrogens with zero attached hydrogens (tertiary/aromatic N) is 4. The van der Waals surface area contributed by atoms with Gasteiger partial charge in [0, 0.05) is 19.0 Å². The van der Waals surface area contributed by atoms with Crippen molar-refractivity contribution in [1.82, 2.24) is 19.7 Å². The topological polar surface area (TPSA) is 54.2 Å². The minimum atomic E-state index is -0.387. The molecule has 0 saturated heterocycles. The molecule has 0 bridgehead atoms. The van der Waals surface area contributed by atoms with Crippen molar-refractivity contribution in [3.05, 3.63) is 12.2 Å². The summed E-state index contributed by atoms with van der Waals surface area (Å²) >= 11 is 0.